The maximum Gasteiger partial charge on any atom is 0.259 e. The third kappa shape index (κ3) is 3.44. The van der Waals surface area contributed by atoms with Crippen molar-refractivity contribution in [3.8, 4) is 0 Å². The quantitative estimate of drug-likeness (QED) is 0.842. The number of rotatable bonds is 3. The third-order valence-corrected chi connectivity index (χ3v) is 5.31. The van der Waals surface area contributed by atoms with Crippen molar-refractivity contribution in [1.29, 1.82) is 0 Å². The van der Waals surface area contributed by atoms with Crippen molar-refractivity contribution < 1.29 is 22.0 Å². The van der Waals surface area contributed by atoms with Gasteiger partial charge in [0.25, 0.3) is 5.91 Å². The second-order valence-electron chi connectivity index (χ2n) is 5.40. The summed E-state index contributed by atoms with van der Waals surface area (Å²) >= 11 is 0. The molecule has 122 valence electrons. The number of carbonyl (C=O) groups is 1. The Hall–Kier alpha value is -1.54. The molecule has 1 amide bonds. The van der Waals surface area contributed by atoms with Crippen LogP contribution in [0.15, 0.2) is 18.2 Å². The molecule has 5 nitrogen and oxygen atoms in total. The number of halogens is 2. The first-order chi connectivity index (χ1) is 10.2. The van der Waals surface area contributed by atoms with E-state index >= 15 is 0 Å². The van der Waals surface area contributed by atoms with Crippen molar-refractivity contribution >= 4 is 15.9 Å². The number of piperidine rings is 1. The second kappa shape index (κ2) is 6.29. The van der Waals surface area contributed by atoms with Gasteiger partial charge in [0, 0.05) is 26.2 Å². The molecule has 2 rings (SSSR count). The minimum atomic E-state index is -3.30. The van der Waals surface area contributed by atoms with E-state index in [1.165, 1.54) is 22.3 Å². The summed E-state index contributed by atoms with van der Waals surface area (Å²) in [6, 6.07) is 3.08. The summed E-state index contributed by atoms with van der Waals surface area (Å²) in [7, 11) is -1.80. The molecule has 0 aromatic heterocycles. The fourth-order valence-electron chi connectivity index (χ4n) is 2.56. The summed E-state index contributed by atoms with van der Waals surface area (Å²) in [5.74, 6) is -2.48. The van der Waals surface area contributed by atoms with Crippen molar-refractivity contribution in [2.45, 2.75) is 18.9 Å². The number of nitrogens with zero attached hydrogens (tertiary/aromatic N) is 2. The Morgan fingerprint density at radius 2 is 1.73 bits per heavy atom. The molecule has 0 spiro atoms. The maximum absolute atomic E-state index is 13.6. The first kappa shape index (κ1) is 16.8. The Morgan fingerprint density at radius 1 is 1.23 bits per heavy atom. The second-order valence-corrected chi connectivity index (χ2v) is 7.44. The van der Waals surface area contributed by atoms with Crippen LogP contribution < -0.4 is 0 Å². The predicted molar refractivity (Wildman–Crippen MR) is 77.9 cm³/mol. The van der Waals surface area contributed by atoms with Crippen molar-refractivity contribution in [3.63, 3.8) is 0 Å². The molecule has 1 saturated heterocycles. The maximum atomic E-state index is 13.6. The molecule has 0 aliphatic carbocycles. The van der Waals surface area contributed by atoms with Gasteiger partial charge in [0.15, 0.2) is 0 Å². The lowest BCUT2D eigenvalue weighted by atomic mass is 10.0. The summed E-state index contributed by atoms with van der Waals surface area (Å²) in [5.41, 5.74) is -0.558. The summed E-state index contributed by atoms with van der Waals surface area (Å²) in [6.07, 6.45) is 2.00. The smallest absolute Gasteiger partial charge is 0.259 e. The molecule has 8 heteroatoms. The number of amides is 1. The fraction of sp³-hybridized carbons (Fsp3) is 0.500. The van der Waals surface area contributed by atoms with Crippen LogP contribution in [-0.2, 0) is 10.0 Å². The van der Waals surface area contributed by atoms with Gasteiger partial charge in [0.1, 0.15) is 17.2 Å². The molecule has 1 aromatic carbocycles. The molecule has 0 radical (unpaired) electrons. The van der Waals surface area contributed by atoms with Crippen LogP contribution in [0.2, 0.25) is 0 Å². The van der Waals surface area contributed by atoms with Crippen molar-refractivity contribution in [1.82, 2.24) is 9.21 Å². The largest absolute Gasteiger partial charge is 0.338 e. The van der Waals surface area contributed by atoms with E-state index in [2.05, 4.69) is 0 Å². The van der Waals surface area contributed by atoms with E-state index in [9.17, 15) is 22.0 Å². The molecular formula is C14H18F2N2O3S. The van der Waals surface area contributed by atoms with Gasteiger partial charge in [-0.25, -0.2) is 21.5 Å². The molecule has 0 atom stereocenters. The minimum absolute atomic E-state index is 0.204. The van der Waals surface area contributed by atoms with E-state index in [1.807, 2.05) is 0 Å². The van der Waals surface area contributed by atoms with Gasteiger partial charge in [0.2, 0.25) is 10.0 Å². The van der Waals surface area contributed by atoms with Crippen LogP contribution in [0.3, 0.4) is 0 Å². The standard InChI is InChI=1S/C14H18F2N2O3S/c1-17(22(2,20)21)10-6-8-18(9-7-10)14(19)13-11(15)4-3-5-12(13)16/h3-5,10H,6-9H2,1-2H3. The number of benzene rings is 1. The number of hydrogen-bond donors (Lipinski definition) is 0. The lowest BCUT2D eigenvalue weighted by Crippen LogP contribution is -2.47. The zero-order chi connectivity index (χ0) is 16.5. The minimum Gasteiger partial charge on any atom is -0.338 e. The molecule has 1 aliphatic rings. The zero-order valence-electron chi connectivity index (χ0n) is 12.4. The lowest BCUT2D eigenvalue weighted by Gasteiger charge is -2.35. The summed E-state index contributed by atoms with van der Waals surface area (Å²) < 4.78 is 51.6. The van der Waals surface area contributed by atoms with Crippen LogP contribution in [0.1, 0.15) is 23.2 Å². The van der Waals surface area contributed by atoms with E-state index < -0.39 is 33.1 Å². The normalized spacial score (nSPS) is 17.0. The van der Waals surface area contributed by atoms with E-state index in [4.69, 9.17) is 0 Å². The molecule has 1 aromatic rings. The van der Waals surface area contributed by atoms with Crippen LogP contribution in [-0.4, -0.2) is 56.0 Å². The average molecular weight is 332 g/mol. The Labute approximate surface area is 128 Å². The first-order valence-corrected chi connectivity index (χ1v) is 8.73. The van der Waals surface area contributed by atoms with Gasteiger partial charge in [-0.05, 0) is 25.0 Å². The van der Waals surface area contributed by atoms with E-state index in [0.29, 0.717) is 12.8 Å². The van der Waals surface area contributed by atoms with Crippen molar-refractivity contribution in [2.75, 3.05) is 26.4 Å². The average Bonchev–Trinajstić information content (AvgIpc) is 2.45. The Balaban J connectivity index is 2.07. The van der Waals surface area contributed by atoms with Crippen LogP contribution in [0, 0.1) is 11.6 Å². The van der Waals surface area contributed by atoms with Gasteiger partial charge in [-0.1, -0.05) is 6.07 Å². The van der Waals surface area contributed by atoms with Crippen molar-refractivity contribution in [3.05, 3.63) is 35.4 Å². The zero-order valence-corrected chi connectivity index (χ0v) is 13.2. The first-order valence-electron chi connectivity index (χ1n) is 6.88. The Bertz CT molecular complexity index is 650. The van der Waals surface area contributed by atoms with Gasteiger partial charge in [0.05, 0.1) is 6.26 Å². The Kier molecular flexibility index (Phi) is 4.81. The highest BCUT2D eigenvalue weighted by Gasteiger charge is 2.31. The van der Waals surface area contributed by atoms with Gasteiger partial charge in [-0.15, -0.1) is 0 Å². The molecule has 0 bridgehead atoms. The molecule has 0 N–H and O–H groups in total. The Morgan fingerprint density at radius 3 is 2.18 bits per heavy atom. The van der Waals surface area contributed by atoms with Crippen LogP contribution in [0.25, 0.3) is 0 Å². The molecule has 0 saturated carbocycles. The number of sulfonamides is 1. The number of likely N-dealkylation sites (tertiary alicyclic amines) is 1. The van der Waals surface area contributed by atoms with Crippen LogP contribution in [0.5, 0.6) is 0 Å². The monoisotopic (exact) mass is 332 g/mol. The molecule has 1 aliphatic heterocycles. The summed E-state index contributed by atoms with van der Waals surface area (Å²) in [5, 5.41) is 0. The summed E-state index contributed by atoms with van der Waals surface area (Å²) in [4.78, 5) is 13.6. The van der Waals surface area contributed by atoms with Gasteiger partial charge >= 0.3 is 0 Å². The lowest BCUT2D eigenvalue weighted by molar-refractivity contribution is 0.0676. The highest BCUT2D eigenvalue weighted by Crippen LogP contribution is 2.21. The summed E-state index contributed by atoms with van der Waals surface area (Å²) in [6.45, 7) is 0.522. The predicted octanol–water partition coefficient (Wildman–Crippen LogP) is 1.46. The van der Waals surface area contributed by atoms with Crippen LogP contribution in [0.4, 0.5) is 8.78 Å². The number of carbonyl (C=O) groups excluding carboxylic acids is 1. The highest BCUT2D eigenvalue weighted by atomic mass is 32.2. The number of hydrogen-bond acceptors (Lipinski definition) is 3. The molecular weight excluding hydrogens is 314 g/mol. The molecule has 1 heterocycles. The van der Waals surface area contributed by atoms with Gasteiger partial charge < -0.3 is 4.90 Å². The van der Waals surface area contributed by atoms with E-state index in [-0.39, 0.29) is 19.1 Å². The molecule has 1 fully saturated rings. The van der Waals surface area contributed by atoms with Gasteiger partial charge in [-0.3, -0.25) is 4.79 Å². The topological polar surface area (TPSA) is 57.7 Å². The van der Waals surface area contributed by atoms with Crippen LogP contribution >= 0.6 is 0 Å². The van der Waals surface area contributed by atoms with E-state index in [1.54, 1.807) is 0 Å². The SMILES string of the molecule is CN(C1CCN(C(=O)c2c(F)cccc2F)CC1)S(C)(=O)=O. The van der Waals surface area contributed by atoms with E-state index in [0.717, 1.165) is 18.4 Å². The highest BCUT2D eigenvalue weighted by molar-refractivity contribution is 7.88. The molecule has 22 heavy (non-hydrogen) atoms. The molecule has 0 unspecified atom stereocenters. The third-order valence-electron chi connectivity index (χ3n) is 3.97. The fourth-order valence-corrected chi connectivity index (χ4v) is 3.32. The van der Waals surface area contributed by atoms with Crippen molar-refractivity contribution in [2.24, 2.45) is 0 Å². The van der Waals surface area contributed by atoms with Gasteiger partial charge in [-0.2, -0.15) is 0 Å².